The van der Waals surface area contributed by atoms with E-state index in [1.807, 2.05) is 18.0 Å². The predicted octanol–water partition coefficient (Wildman–Crippen LogP) is 2.70. The van der Waals surface area contributed by atoms with Gasteiger partial charge in [0.05, 0.1) is 0 Å². The van der Waals surface area contributed by atoms with Gasteiger partial charge in [-0.2, -0.15) is 0 Å². The molecule has 0 amide bonds. The van der Waals surface area contributed by atoms with Crippen molar-refractivity contribution in [1.82, 2.24) is 9.97 Å². The van der Waals surface area contributed by atoms with Gasteiger partial charge < -0.3 is 10.0 Å². The van der Waals surface area contributed by atoms with Crippen molar-refractivity contribution in [2.24, 2.45) is 0 Å². The Morgan fingerprint density at radius 2 is 2.19 bits per heavy atom. The highest BCUT2D eigenvalue weighted by Crippen LogP contribution is 2.16. The van der Waals surface area contributed by atoms with Crippen LogP contribution in [0.5, 0.6) is 0 Å². The van der Waals surface area contributed by atoms with Crippen molar-refractivity contribution in [2.75, 3.05) is 11.9 Å². The molecule has 1 N–H and O–H groups in total. The lowest BCUT2D eigenvalue weighted by atomic mass is 10.2. The number of nitrogens with zero attached hydrogens (tertiary/aromatic N) is 3. The first-order chi connectivity index (χ1) is 10.1. The molecule has 21 heavy (non-hydrogen) atoms. The van der Waals surface area contributed by atoms with Crippen LogP contribution in [0, 0.1) is 0 Å². The monoisotopic (exact) mass is 303 g/mol. The highest BCUT2D eigenvalue weighted by atomic mass is 32.1. The third-order valence-electron chi connectivity index (χ3n) is 3.13. The lowest BCUT2D eigenvalue weighted by molar-refractivity contribution is -0.131. The molecular weight excluding hydrogens is 286 g/mol. The Kier molecular flexibility index (Phi) is 5.05. The fourth-order valence-electron chi connectivity index (χ4n) is 1.82. The summed E-state index contributed by atoms with van der Waals surface area (Å²) in [7, 11) is 1.96. The van der Waals surface area contributed by atoms with Crippen LogP contribution in [0.4, 0.5) is 5.95 Å². The van der Waals surface area contributed by atoms with E-state index in [2.05, 4.69) is 28.3 Å². The molecule has 0 aliphatic rings. The summed E-state index contributed by atoms with van der Waals surface area (Å²) in [5, 5.41) is 10.6. The van der Waals surface area contributed by atoms with Gasteiger partial charge in [0.2, 0.25) is 5.95 Å². The van der Waals surface area contributed by atoms with Crippen LogP contribution < -0.4 is 4.90 Å². The molecule has 0 aliphatic carbocycles. The van der Waals surface area contributed by atoms with Gasteiger partial charge >= 0.3 is 5.97 Å². The average molecular weight is 303 g/mol. The molecule has 1 unspecified atom stereocenters. The number of anilines is 1. The van der Waals surface area contributed by atoms with Gasteiger partial charge in [0.15, 0.2) is 0 Å². The SMILES string of the molecule is CC(Cc1cccs1)N(C)c1ncc(/C=C/C(=O)O)cn1. The third-order valence-corrected chi connectivity index (χ3v) is 4.03. The van der Waals surface area contributed by atoms with Crippen molar-refractivity contribution in [2.45, 2.75) is 19.4 Å². The van der Waals surface area contributed by atoms with Gasteiger partial charge in [-0.05, 0) is 24.4 Å². The van der Waals surface area contributed by atoms with E-state index >= 15 is 0 Å². The van der Waals surface area contributed by atoms with Gasteiger partial charge in [-0.25, -0.2) is 14.8 Å². The summed E-state index contributed by atoms with van der Waals surface area (Å²) in [6.07, 6.45) is 6.73. The zero-order valence-corrected chi connectivity index (χ0v) is 12.7. The highest BCUT2D eigenvalue weighted by molar-refractivity contribution is 7.09. The van der Waals surface area contributed by atoms with E-state index < -0.39 is 5.97 Å². The summed E-state index contributed by atoms with van der Waals surface area (Å²) >= 11 is 1.74. The number of aromatic nitrogens is 2. The van der Waals surface area contributed by atoms with E-state index in [1.54, 1.807) is 23.7 Å². The number of aliphatic carboxylic acids is 1. The first-order valence-electron chi connectivity index (χ1n) is 6.54. The first-order valence-corrected chi connectivity index (χ1v) is 7.42. The number of rotatable bonds is 6. The van der Waals surface area contributed by atoms with Crippen molar-refractivity contribution in [3.05, 3.63) is 46.4 Å². The topological polar surface area (TPSA) is 66.3 Å². The van der Waals surface area contributed by atoms with Crippen LogP contribution in [-0.2, 0) is 11.2 Å². The molecule has 2 rings (SSSR count). The minimum absolute atomic E-state index is 0.282. The summed E-state index contributed by atoms with van der Waals surface area (Å²) in [5.74, 6) is -0.354. The highest BCUT2D eigenvalue weighted by Gasteiger charge is 2.13. The molecule has 0 fully saturated rings. The Labute approximate surface area is 127 Å². The molecular formula is C15H17N3O2S. The zero-order valence-electron chi connectivity index (χ0n) is 11.9. The van der Waals surface area contributed by atoms with Crippen molar-refractivity contribution < 1.29 is 9.90 Å². The number of carbonyl (C=O) groups is 1. The van der Waals surface area contributed by atoms with Crippen molar-refractivity contribution >= 4 is 29.3 Å². The molecule has 0 aromatic carbocycles. The molecule has 2 heterocycles. The lowest BCUT2D eigenvalue weighted by Gasteiger charge is -2.24. The van der Waals surface area contributed by atoms with Crippen LogP contribution >= 0.6 is 11.3 Å². The first kappa shape index (κ1) is 15.2. The second-order valence-corrected chi connectivity index (χ2v) is 5.76. The smallest absolute Gasteiger partial charge is 0.328 e. The van der Waals surface area contributed by atoms with Crippen LogP contribution in [0.1, 0.15) is 17.4 Å². The zero-order chi connectivity index (χ0) is 15.2. The number of carboxylic acids is 1. The quantitative estimate of drug-likeness (QED) is 0.831. The summed E-state index contributed by atoms with van der Waals surface area (Å²) in [6.45, 7) is 2.13. The molecule has 0 spiro atoms. The van der Waals surface area contributed by atoms with E-state index in [9.17, 15) is 4.79 Å². The number of thiophene rings is 1. The normalized spacial score (nSPS) is 12.5. The van der Waals surface area contributed by atoms with Gasteiger partial charge in [-0.15, -0.1) is 11.3 Å². The molecule has 0 bridgehead atoms. The maximum atomic E-state index is 10.5. The van der Waals surface area contributed by atoms with E-state index in [4.69, 9.17) is 5.11 Å². The van der Waals surface area contributed by atoms with Crippen LogP contribution in [-0.4, -0.2) is 34.1 Å². The molecule has 2 aromatic rings. The molecule has 0 radical (unpaired) electrons. The van der Waals surface area contributed by atoms with Gasteiger partial charge in [0.1, 0.15) is 0 Å². The Balaban J connectivity index is 2.02. The maximum Gasteiger partial charge on any atom is 0.328 e. The van der Waals surface area contributed by atoms with Gasteiger partial charge in [-0.1, -0.05) is 6.07 Å². The Bertz CT molecular complexity index is 608. The largest absolute Gasteiger partial charge is 0.478 e. The second-order valence-electron chi connectivity index (χ2n) is 4.73. The molecule has 0 saturated heterocycles. The minimum Gasteiger partial charge on any atom is -0.478 e. The second kappa shape index (κ2) is 6.99. The van der Waals surface area contributed by atoms with Crippen molar-refractivity contribution in [1.29, 1.82) is 0 Å². The number of hydrogen-bond donors (Lipinski definition) is 1. The van der Waals surface area contributed by atoms with Crippen LogP contribution in [0.3, 0.4) is 0 Å². The maximum absolute atomic E-state index is 10.5. The van der Waals surface area contributed by atoms with E-state index in [-0.39, 0.29) is 6.04 Å². The van der Waals surface area contributed by atoms with E-state index in [0.717, 1.165) is 12.5 Å². The standard InChI is InChI=1S/C15H17N3O2S/c1-11(8-13-4-3-7-21-13)18(2)15-16-9-12(10-17-15)5-6-14(19)20/h3-7,9-11H,8H2,1-2H3,(H,19,20)/b6-5+. The molecule has 5 nitrogen and oxygen atoms in total. The van der Waals surface area contributed by atoms with Crippen LogP contribution in [0.25, 0.3) is 6.08 Å². The Morgan fingerprint density at radius 3 is 2.76 bits per heavy atom. The molecule has 6 heteroatoms. The third kappa shape index (κ3) is 4.39. The van der Waals surface area contributed by atoms with Gasteiger partial charge in [-0.3, -0.25) is 0 Å². The summed E-state index contributed by atoms with van der Waals surface area (Å²) in [4.78, 5) is 22.4. The predicted molar refractivity (Wildman–Crippen MR) is 84.6 cm³/mol. The molecule has 0 aliphatic heterocycles. The fraction of sp³-hybridized carbons (Fsp3) is 0.267. The summed E-state index contributed by atoms with van der Waals surface area (Å²) in [5.41, 5.74) is 0.667. The van der Waals surface area contributed by atoms with Gasteiger partial charge in [0.25, 0.3) is 0 Å². The van der Waals surface area contributed by atoms with E-state index in [1.165, 1.54) is 11.0 Å². The van der Waals surface area contributed by atoms with Crippen LogP contribution in [0.2, 0.25) is 0 Å². The fourth-order valence-corrected chi connectivity index (χ4v) is 2.65. The summed E-state index contributed by atoms with van der Waals surface area (Å²) < 4.78 is 0. The van der Waals surface area contributed by atoms with Crippen LogP contribution in [0.15, 0.2) is 36.0 Å². The molecule has 0 saturated carbocycles. The lowest BCUT2D eigenvalue weighted by Crippen LogP contribution is -2.31. The van der Waals surface area contributed by atoms with Gasteiger partial charge in [0, 0.05) is 48.4 Å². The Hall–Kier alpha value is -2.21. The summed E-state index contributed by atoms with van der Waals surface area (Å²) in [6, 6.07) is 4.45. The number of hydrogen-bond acceptors (Lipinski definition) is 5. The minimum atomic E-state index is -0.985. The average Bonchev–Trinajstić information content (AvgIpc) is 2.97. The van der Waals surface area contributed by atoms with Crippen molar-refractivity contribution in [3.63, 3.8) is 0 Å². The molecule has 1 atom stereocenters. The molecule has 2 aromatic heterocycles. The number of likely N-dealkylation sites (N-methyl/N-ethyl adjacent to an activating group) is 1. The molecule has 110 valence electrons. The number of carboxylic acid groups (broad SMARTS) is 1. The Morgan fingerprint density at radius 1 is 1.48 bits per heavy atom. The van der Waals surface area contributed by atoms with E-state index in [0.29, 0.717) is 11.5 Å². The van der Waals surface area contributed by atoms with Crippen molar-refractivity contribution in [3.8, 4) is 0 Å².